The molecule has 0 unspecified atom stereocenters. The van der Waals surface area contributed by atoms with Crippen molar-refractivity contribution in [1.29, 1.82) is 0 Å². The first-order valence-electron chi connectivity index (χ1n) is 6.47. The Kier molecular flexibility index (Phi) is 3.66. The minimum atomic E-state index is -1.03. The van der Waals surface area contributed by atoms with Crippen LogP contribution in [0.1, 0.15) is 6.92 Å². The van der Waals surface area contributed by atoms with Crippen molar-refractivity contribution in [2.45, 2.75) is 6.92 Å². The zero-order chi connectivity index (χ0) is 15.9. The summed E-state index contributed by atoms with van der Waals surface area (Å²) in [5, 5.41) is -0.146. The summed E-state index contributed by atoms with van der Waals surface area (Å²) >= 11 is 0.834. The van der Waals surface area contributed by atoms with Crippen LogP contribution in [0.15, 0.2) is 41.7 Å². The Hall–Kier alpha value is -2.28. The van der Waals surface area contributed by atoms with E-state index in [1.54, 1.807) is 11.1 Å². The van der Waals surface area contributed by atoms with E-state index in [0.717, 1.165) is 29.0 Å². The highest BCUT2D eigenvalue weighted by molar-refractivity contribution is 7.14. The van der Waals surface area contributed by atoms with Crippen LogP contribution < -0.4 is 10.6 Å². The second-order valence-electron chi connectivity index (χ2n) is 5.00. The fourth-order valence-corrected chi connectivity index (χ4v) is 3.01. The third kappa shape index (κ3) is 2.71. The molecular weight excluding hydrogens is 311 g/mol. The first kappa shape index (κ1) is 14.6. The van der Waals surface area contributed by atoms with Gasteiger partial charge in [-0.3, -0.25) is 0 Å². The Morgan fingerprint density at radius 3 is 2.68 bits per heavy atom. The predicted molar refractivity (Wildman–Crippen MR) is 80.8 cm³/mol. The minimum Gasteiger partial charge on any atom is -0.398 e. The van der Waals surface area contributed by atoms with Crippen LogP contribution in [0, 0.1) is 16.8 Å². The van der Waals surface area contributed by atoms with Crippen LogP contribution in [-0.4, -0.2) is 11.5 Å². The molecule has 114 valence electrons. The number of nitrogens with two attached hydrogens (primary N) is 1. The average molecular weight is 323 g/mol. The monoisotopic (exact) mass is 323 g/mol. The van der Waals surface area contributed by atoms with Crippen molar-refractivity contribution in [1.82, 2.24) is 4.98 Å². The standard InChI is InChI=1S/C15H12F3N3S/c1-8-4-10(19)7-21(6-8)15-20-13(14(18)22-15)9-2-3-11(16)12(17)5-9/h2-5,7H,6,19H2,1H3. The summed E-state index contributed by atoms with van der Waals surface area (Å²) in [6, 6.07) is 3.18. The summed E-state index contributed by atoms with van der Waals surface area (Å²) in [6.45, 7) is 2.46. The summed E-state index contributed by atoms with van der Waals surface area (Å²) in [5.74, 6) is -2.01. The van der Waals surface area contributed by atoms with Gasteiger partial charge in [-0.1, -0.05) is 16.9 Å². The molecule has 0 saturated heterocycles. The molecular formula is C15H12F3N3S. The molecule has 7 heteroatoms. The maximum atomic E-state index is 14.1. The van der Waals surface area contributed by atoms with Crippen molar-refractivity contribution < 1.29 is 13.2 Å². The summed E-state index contributed by atoms with van der Waals surface area (Å²) in [6.07, 6.45) is 3.50. The zero-order valence-corrected chi connectivity index (χ0v) is 12.4. The highest BCUT2D eigenvalue weighted by Gasteiger charge is 2.19. The molecule has 3 nitrogen and oxygen atoms in total. The molecule has 22 heavy (non-hydrogen) atoms. The minimum absolute atomic E-state index is 0.00178. The van der Waals surface area contributed by atoms with Crippen LogP contribution in [0.3, 0.4) is 0 Å². The van der Waals surface area contributed by atoms with Crippen LogP contribution in [0.5, 0.6) is 0 Å². The van der Waals surface area contributed by atoms with Gasteiger partial charge in [0.15, 0.2) is 16.8 Å². The lowest BCUT2D eigenvalue weighted by atomic mass is 10.1. The Balaban J connectivity index is 1.98. The van der Waals surface area contributed by atoms with E-state index in [-0.39, 0.29) is 11.3 Å². The molecule has 1 aromatic carbocycles. The summed E-state index contributed by atoms with van der Waals surface area (Å²) in [4.78, 5) is 5.92. The van der Waals surface area contributed by atoms with E-state index in [1.165, 1.54) is 6.07 Å². The smallest absolute Gasteiger partial charge is 0.206 e. The second kappa shape index (κ2) is 5.49. The maximum Gasteiger partial charge on any atom is 0.206 e. The van der Waals surface area contributed by atoms with E-state index >= 15 is 0 Å². The molecule has 0 saturated carbocycles. The topological polar surface area (TPSA) is 42.1 Å². The quantitative estimate of drug-likeness (QED) is 0.914. The maximum absolute atomic E-state index is 14.1. The van der Waals surface area contributed by atoms with E-state index in [4.69, 9.17) is 5.73 Å². The predicted octanol–water partition coefficient (Wildman–Crippen LogP) is 3.79. The third-order valence-electron chi connectivity index (χ3n) is 3.15. The van der Waals surface area contributed by atoms with Crippen molar-refractivity contribution in [2.75, 3.05) is 11.4 Å². The lowest BCUT2D eigenvalue weighted by Gasteiger charge is -2.21. The second-order valence-corrected chi connectivity index (χ2v) is 5.92. The van der Waals surface area contributed by atoms with Crippen LogP contribution in [0.4, 0.5) is 18.3 Å². The van der Waals surface area contributed by atoms with Gasteiger partial charge in [-0.2, -0.15) is 4.39 Å². The fourth-order valence-electron chi connectivity index (χ4n) is 2.22. The first-order chi connectivity index (χ1) is 10.4. The molecule has 1 aliphatic rings. The van der Waals surface area contributed by atoms with E-state index in [1.807, 2.05) is 13.0 Å². The summed E-state index contributed by atoms with van der Waals surface area (Å²) in [5.41, 5.74) is 7.54. The van der Waals surface area contributed by atoms with Gasteiger partial charge in [-0.25, -0.2) is 13.8 Å². The van der Waals surface area contributed by atoms with E-state index in [9.17, 15) is 13.2 Å². The van der Waals surface area contributed by atoms with Crippen molar-refractivity contribution in [3.63, 3.8) is 0 Å². The number of nitrogens with zero attached hydrogens (tertiary/aromatic N) is 2. The number of aromatic nitrogens is 1. The van der Waals surface area contributed by atoms with Gasteiger partial charge in [0, 0.05) is 24.0 Å². The Morgan fingerprint density at radius 2 is 2.00 bits per heavy atom. The van der Waals surface area contributed by atoms with Crippen molar-refractivity contribution in [3.8, 4) is 11.3 Å². The lowest BCUT2D eigenvalue weighted by molar-refractivity contribution is 0.509. The molecule has 0 spiro atoms. The number of thiazole rings is 1. The Bertz CT molecular complexity index is 795. The average Bonchev–Trinajstić information content (AvgIpc) is 2.83. The lowest BCUT2D eigenvalue weighted by Crippen LogP contribution is -2.23. The van der Waals surface area contributed by atoms with Crippen LogP contribution in [-0.2, 0) is 0 Å². The van der Waals surface area contributed by atoms with Gasteiger partial charge in [-0.05, 0) is 31.2 Å². The van der Waals surface area contributed by atoms with Gasteiger partial charge in [0.2, 0.25) is 5.13 Å². The molecule has 3 rings (SSSR count). The van der Waals surface area contributed by atoms with Crippen molar-refractivity contribution in [2.24, 2.45) is 5.73 Å². The summed E-state index contributed by atoms with van der Waals surface area (Å²) < 4.78 is 40.4. The molecule has 0 fully saturated rings. The van der Waals surface area contributed by atoms with E-state index < -0.39 is 16.8 Å². The molecule has 1 aliphatic heterocycles. The van der Waals surface area contributed by atoms with Crippen LogP contribution in [0.2, 0.25) is 0 Å². The van der Waals surface area contributed by atoms with Gasteiger partial charge in [-0.15, -0.1) is 0 Å². The van der Waals surface area contributed by atoms with Crippen LogP contribution >= 0.6 is 11.3 Å². The number of rotatable bonds is 2. The highest BCUT2D eigenvalue weighted by Crippen LogP contribution is 2.33. The zero-order valence-electron chi connectivity index (χ0n) is 11.6. The van der Waals surface area contributed by atoms with Crippen molar-refractivity contribution in [3.05, 3.63) is 58.5 Å². The normalized spacial score (nSPS) is 14.8. The number of hydrogen-bond acceptors (Lipinski definition) is 4. The van der Waals surface area contributed by atoms with Gasteiger partial charge >= 0.3 is 0 Å². The van der Waals surface area contributed by atoms with Gasteiger partial charge in [0.1, 0.15) is 5.69 Å². The number of allylic oxidation sites excluding steroid dienone is 1. The number of anilines is 1. The highest BCUT2D eigenvalue weighted by atomic mass is 32.1. The molecule has 2 aromatic rings. The third-order valence-corrected chi connectivity index (χ3v) is 4.03. The SMILES string of the molecule is CC1=CC(N)=CN(c2nc(-c3ccc(F)c(F)c3)c(F)s2)C1. The van der Waals surface area contributed by atoms with E-state index in [0.29, 0.717) is 17.4 Å². The number of halogens is 3. The van der Waals surface area contributed by atoms with Crippen LogP contribution in [0.25, 0.3) is 11.3 Å². The number of hydrogen-bond donors (Lipinski definition) is 1. The van der Waals surface area contributed by atoms with Gasteiger partial charge < -0.3 is 10.6 Å². The molecule has 1 aromatic heterocycles. The van der Waals surface area contributed by atoms with Gasteiger partial charge in [0.05, 0.1) is 0 Å². The molecule has 2 N–H and O–H groups in total. The molecule has 0 aliphatic carbocycles. The molecule has 0 atom stereocenters. The molecule has 2 heterocycles. The number of benzene rings is 1. The fraction of sp³-hybridized carbons (Fsp3) is 0.133. The summed E-state index contributed by atoms with van der Waals surface area (Å²) in [7, 11) is 0. The molecule has 0 amide bonds. The Morgan fingerprint density at radius 1 is 1.23 bits per heavy atom. The molecule has 0 radical (unpaired) electrons. The first-order valence-corrected chi connectivity index (χ1v) is 7.28. The Labute approximate surface area is 129 Å². The van der Waals surface area contributed by atoms with Crippen molar-refractivity contribution >= 4 is 16.5 Å². The largest absolute Gasteiger partial charge is 0.398 e. The van der Waals surface area contributed by atoms with E-state index in [2.05, 4.69) is 4.98 Å². The molecule has 0 bridgehead atoms. The van der Waals surface area contributed by atoms with Gasteiger partial charge in [0.25, 0.3) is 0 Å².